The van der Waals surface area contributed by atoms with E-state index in [2.05, 4.69) is 42.6 Å². The minimum Gasteiger partial charge on any atom is -0.334 e. The molecule has 0 aliphatic carbocycles. The Hall–Kier alpha value is -0.830. The van der Waals surface area contributed by atoms with E-state index >= 15 is 0 Å². The molecule has 0 bridgehead atoms. The lowest BCUT2D eigenvalue weighted by atomic mass is 9.89. The van der Waals surface area contributed by atoms with Crippen LogP contribution in [0.5, 0.6) is 0 Å². The van der Waals surface area contributed by atoms with E-state index in [1.807, 2.05) is 6.33 Å². The molecule has 3 heteroatoms. The summed E-state index contributed by atoms with van der Waals surface area (Å²) in [6.45, 7) is 11.2. The van der Waals surface area contributed by atoms with Crippen LogP contribution < -0.4 is 5.32 Å². The van der Waals surface area contributed by atoms with Gasteiger partial charge in [-0.25, -0.2) is 4.98 Å². The van der Waals surface area contributed by atoms with E-state index in [1.165, 1.54) is 11.4 Å². The summed E-state index contributed by atoms with van der Waals surface area (Å²) >= 11 is 0. The second-order valence-corrected chi connectivity index (χ2v) is 5.45. The van der Waals surface area contributed by atoms with E-state index in [4.69, 9.17) is 0 Å². The van der Waals surface area contributed by atoms with Crippen molar-refractivity contribution in [2.45, 2.75) is 52.6 Å². The third kappa shape index (κ3) is 1.88. The molecule has 1 N–H and O–H groups in total. The number of nitrogens with one attached hydrogen (secondary N) is 1. The van der Waals surface area contributed by atoms with Gasteiger partial charge in [-0.2, -0.15) is 0 Å². The Morgan fingerprint density at radius 3 is 2.94 bits per heavy atom. The average molecular weight is 221 g/mol. The number of nitrogens with zero attached hydrogens (tertiary/aromatic N) is 2. The van der Waals surface area contributed by atoms with Crippen LogP contribution in [0.3, 0.4) is 0 Å². The van der Waals surface area contributed by atoms with Crippen LogP contribution in [0, 0.1) is 5.92 Å². The van der Waals surface area contributed by atoms with E-state index in [9.17, 15) is 0 Å². The smallest absolute Gasteiger partial charge is 0.0952 e. The summed E-state index contributed by atoms with van der Waals surface area (Å²) in [5.41, 5.74) is 2.79. The van der Waals surface area contributed by atoms with Crippen molar-refractivity contribution in [1.29, 1.82) is 0 Å². The summed E-state index contributed by atoms with van der Waals surface area (Å²) < 4.78 is 2.34. The van der Waals surface area contributed by atoms with Crippen molar-refractivity contribution in [3.8, 4) is 0 Å². The van der Waals surface area contributed by atoms with Gasteiger partial charge in [-0.3, -0.25) is 0 Å². The number of imidazole rings is 1. The van der Waals surface area contributed by atoms with E-state index < -0.39 is 0 Å². The monoisotopic (exact) mass is 221 g/mol. The number of hydrogen-bond donors (Lipinski definition) is 1. The number of aromatic nitrogens is 2. The second kappa shape index (κ2) is 4.21. The quantitative estimate of drug-likeness (QED) is 0.849. The molecule has 3 nitrogen and oxygen atoms in total. The first-order valence-electron chi connectivity index (χ1n) is 6.36. The molecular weight excluding hydrogens is 198 g/mol. The molecule has 0 amide bonds. The minimum atomic E-state index is 0.0792. The maximum atomic E-state index is 4.63. The molecule has 1 aromatic heterocycles. The highest BCUT2D eigenvalue weighted by Crippen LogP contribution is 2.30. The van der Waals surface area contributed by atoms with Crippen LogP contribution in [0.25, 0.3) is 0 Å². The maximum Gasteiger partial charge on any atom is 0.0952 e. The average Bonchev–Trinajstić information content (AvgIpc) is 2.63. The molecule has 0 aromatic carbocycles. The van der Waals surface area contributed by atoms with Gasteiger partial charge in [0.15, 0.2) is 0 Å². The zero-order valence-electron chi connectivity index (χ0n) is 10.9. The molecule has 16 heavy (non-hydrogen) atoms. The molecular formula is C13H23N3. The zero-order chi connectivity index (χ0) is 11.8. The molecule has 0 saturated heterocycles. The summed E-state index contributed by atoms with van der Waals surface area (Å²) in [7, 11) is 0. The lowest BCUT2D eigenvalue weighted by Gasteiger charge is -2.33. The fraction of sp³-hybridized carbons (Fsp3) is 0.769. The van der Waals surface area contributed by atoms with Crippen molar-refractivity contribution in [3.05, 3.63) is 17.7 Å². The van der Waals surface area contributed by atoms with Gasteiger partial charge in [-0.1, -0.05) is 20.8 Å². The number of hydrogen-bond acceptors (Lipinski definition) is 2. The van der Waals surface area contributed by atoms with Crippen molar-refractivity contribution < 1.29 is 0 Å². The maximum absolute atomic E-state index is 4.63. The first-order valence-corrected chi connectivity index (χ1v) is 6.36. The molecule has 2 heterocycles. The molecule has 1 unspecified atom stereocenters. The third-order valence-electron chi connectivity index (χ3n) is 3.61. The molecule has 0 radical (unpaired) electrons. The number of rotatable bonds is 3. The van der Waals surface area contributed by atoms with Crippen LogP contribution in [0.1, 0.15) is 45.5 Å². The van der Waals surface area contributed by atoms with E-state index in [-0.39, 0.29) is 5.54 Å². The van der Waals surface area contributed by atoms with E-state index in [1.54, 1.807) is 0 Å². The summed E-state index contributed by atoms with van der Waals surface area (Å²) in [4.78, 5) is 4.63. The molecule has 2 rings (SSSR count). The van der Waals surface area contributed by atoms with Crippen LogP contribution in [0.2, 0.25) is 0 Å². The first kappa shape index (κ1) is 11.6. The van der Waals surface area contributed by atoms with Crippen LogP contribution in [0.4, 0.5) is 0 Å². The molecule has 0 fully saturated rings. The lowest BCUT2D eigenvalue weighted by molar-refractivity contribution is 0.322. The zero-order valence-corrected chi connectivity index (χ0v) is 10.9. The summed E-state index contributed by atoms with van der Waals surface area (Å²) in [6.07, 6.45) is 4.22. The van der Waals surface area contributed by atoms with Crippen molar-refractivity contribution in [3.63, 3.8) is 0 Å². The van der Waals surface area contributed by atoms with Gasteiger partial charge in [0.2, 0.25) is 0 Å². The van der Waals surface area contributed by atoms with Crippen LogP contribution in [0.15, 0.2) is 6.33 Å². The fourth-order valence-electron chi connectivity index (χ4n) is 2.51. The van der Waals surface area contributed by atoms with Crippen molar-refractivity contribution in [2.75, 3.05) is 6.54 Å². The highest BCUT2D eigenvalue weighted by molar-refractivity contribution is 5.25. The predicted molar refractivity (Wildman–Crippen MR) is 66.4 cm³/mol. The van der Waals surface area contributed by atoms with Crippen LogP contribution in [-0.4, -0.2) is 16.1 Å². The van der Waals surface area contributed by atoms with Crippen LogP contribution in [-0.2, 0) is 18.5 Å². The Morgan fingerprint density at radius 1 is 1.56 bits per heavy atom. The molecule has 1 atom stereocenters. The topological polar surface area (TPSA) is 29.9 Å². The molecule has 90 valence electrons. The molecule has 0 spiro atoms. The predicted octanol–water partition coefficient (Wildman–Crippen LogP) is 2.31. The Labute approximate surface area is 98.3 Å². The van der Waals surface area contributed by atoms with Crippen LogP contribution >= 0.6 is 0 Å². The van der Waals surface area contributed by atoms with Gasteiger partial charge >= 0.3 is 0 Å². The Balaban J connectivity index is 2.35. The molecule has 1 aromatic rings. The summed E-state index contributed by atoms with van der Waals surface area (Å²) in [6, 6.07) is 0. The van der Waals surface area contributed by atoms with E-state index in [0.717, 1.165) is 25.9 Å². The standard InChI is InChI=1S/C13H23N3/c1-5-13(4)12-11(6-7-15-13)16(9-14-12)8-10(2)3/h9-10,15H,5-8H2,1-4H3. The largest absolute Gasteiger partial charge is 0.334 e. The Morgan fingerprint density at radius 2 is 2.31 bits per heavy atom. The Bertz CT molecular complexity index is 367. The van der Waals surface area contributed by atoms with Gasteiger partial charge in [0.1, 0.15) is 0 Å². The SMILES string of the molecule is CCC1(C)NCCc2c1ncn2CC(C)C. The van der Waals surface area contributed by atoms with Gasteiger partial charge in [0.25, 0.3) is 0 Å². The van der Waals surface area contributed by atoms with Gasteiger partial charge in [0.05, 0.1) is 17.6 Å². The summed E-state index contributed by atoms with van der Waals surface area (Å²) in [5.74, 6) is 0.682. The first-order chi connectivity index (χ1) is 7.57. The number of fused-ring (bicyclic) bond motifs is 1. The second-order valence-electron chi connectivity index (χ2n) is 5.45. The highest BCUT2D eigenvalue weighted by atomic mass is 15.1. The summed E-state index contributed by atoms with van der Waals surface area (Å²) in [5, 5.41) is 3.59. The van der Waals surface area contributed by atoms with E-state index in [0.29, 0.717) is 5.92 Å². The van der Waals surface area contributed by atoms with Gasteiger partial charge in [0, 0.05) is 25.2 Å². The van der Waals surface area contributed by atoms with Gasteiger partial charge < -0.3 is 9.88 Å². The highest BCUT2D eigenvalue weighted by Gasteiger charge is 2.33. The molecule has 1 aliphatic heterocycles. The van der Waals surface area contributed by atoms with Crippen molar-refractivity contribution in [1.82, 2.24) is 14.9 Å². The third-order valence-corrected chi connectivity index (χ3v) is 3.61. The van der Waals surface area contributed by atoms with Crippen molar-refractivity contribution >= 4 is 0 Å². The minimum absolute atomic E-state index is 0.0792. The Kier molecular flexibility index (Phi) is 3.06. The van der Waals surface area contributed by atoms with Gasteiger partial charge in [-0.05, 0) is 19.3 Å². The normalized spacial score (nSPS) is 24.8. The lowest BCUT2D eigenvalue weighted by Crippen LogP contribution is -2.45. The van der Waals surface area contributed by atoms with Crippen molar-refractivity contribution in [2.24, 2.45) is 5.92 Å². The molecule has 1 aliphatic rings. The van der Waals surface area contributed by atoms with Gasteiger partial charge in [-0.15, -0.1) is 0 Å². The molecule has 0 saturated carbocycles. The fourth-order valence-corrected chi connectivity index (χ4v) is 2.51.